The van der Waals surface area contributed by atoms with E-state index in [0.29, 0.717) is 5.41 Å². The number of nitrogens with one attached hydrogen (secondary N) is 1. The molecule has 0 unspecified atom stereocenters. The third-order valence-electron chi connectivity index (χ3n) is 6.48. The normalized spacial score (nSPS) is 18.2. The molecule has 0 radical (unpaired) electrons. The Labute approximate surface area is 172 Å². The van der Waals surface area contributed by atoms with Crippen LogP contribution in [-0.2, 0) is 0 Å². The van der Waals surface area contributed by atoms with Crippen LogP contribution < -0.4 is 5.32 Å². The molecule has 0 aliphatic carbocycles. The Hall–Kier alpha value is -1.91. The number of hydrogen-bond acceptors (Lipinski definition) is 2. The lowest BCUT2D eigenvalue weighted by molar-refractivity contribution is 0.0603. The molecule has 1 amide bonds. The Kier molecular flexibility index (Phi) is 6.11. The maximum Gasteiger partial charge on any atom is 0.256 e. The molecule has 5 heteroatoms. The molecule has 2 aromatic rings. The van der Waals surface area contributed by atoms with E-state index < -0.39 is 5.82 Å². The largest absolute Gasteiger partial charge is 0.339 e. The van der Waals surface area contributed by atoms with Crippen LogP contribution in [0.5, 0.6) is 0 Å². The van der Waals surface area contributed by atoms with Gasteiger partial charge in [0.1, 0.15) is 5.82 Å². The van der Waals surface area contributed by atoms with Crippen LogP contribution in [0.4, 0.5) is 4.39 Å². The van der Waals surface area contributed by atoms with Crippen LogP contribution in [0, 0.1) is 25.1 Å². The summed E-state index contributed by atoms with van der Waals surface area (Å²) in [4.78, 5) is 14.7. The van der Waals surface area contributed by atoms with Crippen LogP contribution in [0.1, 0.15) is 40.7 Å². The minimum absolute atomic E-state index is 0. The van der Waals surface area contributed by atoms with Gasteiger partial charge in [0.25, 0.3) is 5.91 Å². The number of likely N-dealkylation sites (tertiary alicyclic amines) is 1. The highest BCUT2D eigenvalue weighted by Gasteiger charge is 2.38. The van der Waals surface area contributed by atoms with Crippen molar-refractivity contribution in [1.29, 1.82) is 0 Å². The molecule has 3 nitrogen and oxygen atoms in total. The fraction of sp³-hybridized carbons (Fsp3) is 0.435. The number of carbonyl (C=O) groups is 1. The summed E-state index contributed by atoms with van der Waals surface area (Å²) in [6.07, 6.45) is 3.20. The summed E-state index contributed by atoms with van der Waals surface area (Å²) < 4.78 is 14.8. The smallest absolute Gasteiger partial charge is 0.256 e. The van der Waals surface area contributed by atoms with E-state index in [1.807, 2.05) is 23.1 Å². The van der Waals surface area contributed by atoms with Gasteiger partial charge in [-0.25, -0.2) is 4.39 Å². The predicted molar refractivity (Wildman–Crippen MR) is 114 cm³/mol. The number of halogens is 2. The highest BCUT2D eigenvalue weighted by molar-refractivity contribution is 5.95. The molecule has 1 spiro atoms. The Morgan fingerprint density at radius 2 is 1.68 bits per heavy atom. The maximum absolute atomic E-state index is 14.8. The second-order valence-electron chi connectivity index (χ2n) is 8.21. The Morgan fingerprint density at radius 1 is 1.00 bits per heavy atom. The number of hydrogen-bond donors (Lipinski definition) is 1. The van der Waals surface area contributed by atoms with Crippen molar-refractivity contribution < 1.29 is 9.18 Å². The van der Waals surface area contributed by atoms with E-state index in [2.05, 4.69) is 25.2 Å². The van der Waals surface area contributed by atoms with Crippen molar-refractivity contribution in [2.75, 3.05) is 26.2 Å². The van der Waals surface area contributed by atoms with Gasteiger partial charge in [-0.1, -0.05) is 24.3 Å². The van der Waals surface area contributed by atoms with E-state index in [1.165, 1.54) is 23.6 Å². The molecule has 0 atom stereocenters. The van der Waals surface area contributed by atoms with Crippen LogP contribution in [0.15, 0.2) is 36.4 Å². The zero-order valence-electron chi connectivity index (χ0n) is 16.6. The zero-order chi connectivity index (χ0) is 19.0. The molecule has 2 heterocycles. The standard InChI is InChI=1S/C23H27FN2O.ClH/c1-16-3-4-18(13-17(16)2)19-5-6-20(21(24)14-19)22(27)26-11-8-23(9-12-26)7-10-25-15-23;/h3-6,13-14,25H,7-12,15H2,1-2H3;1H. The average molecular weight is 403 g/mol. The van der Waals surface area contributed by atoms with E-state index in [1.54, 1.807) is 6.07 Å². The van der Waals surface area contributed by atoms with Gasteiger partial charge in [-0.15, -0.1) is 12.4 Å². The van der Waals surface area contributed by atoms with Crippen molar-refractivity contribution in [3.63, 3.8) is 0 Å². The summed E-state index contributed by atoms with van der Waals surface area (Å²) in [5.41, 5.74) is 4.71. The number of rotatable bonds is 2. The number of benzene rings is 2. The van der Waals surface area contributed by atoms with Gasteiger partial charge in [0.15, 0.2) is 0 Å². The van der Waals surface area contributed by atoms with E-state index >= 15 is 0 Å². The molecule has 1 N–H and O–H groups in total. The first-order valence-corrected chi connectivity index (χ1v) is 9.85. The summed E-state index contributed by atoms with van der Waals surface area (Å²) in [6, 6.07) is 11.1. The van der Waals surface area contributed by atoms with Crippen LogP contribution >= 0.6 is 12.4 Å². The van der Waals surface area contributed by atoms with Gasteiger partial charge < -0.3 is 10.2 Å². The molecule has 2 aliphatic heterocycles. The van der Waals surface area contributed by atoms with E-state index in [9.17, 15) is 9.18 Å². The van der Waals surface area contributed by atoms with Crippen LogP contribution in [0.3, 0.4) is 0 Å². The number of piperidine rings is 1. The molecule has 28 heavy (non-hydrogen) atoms. The number of nitrogens with zero attached hydrogens (tertiary/aromatic N) is 1. The molecule has 2 fully saturated rings. The highest BCUT2D eigenvalue weighted by Crippen LogP contribution is 2.37. The van der Waals surface area contributed by atoms with Gasteiger partial charge in [-0.2, -0.15) is 0 Å². The van der Waals surface area contributed by atoms with E-state index in [0.717, 1.165) is 50.1 Å². The van der Waals surface area contributed by atoms with Crippen LogP contribution in [-0.4, -0.2) is 37.0 Å². The fourth-order valence-electron chi connectivity index (χ4n) is 4.37. The Bertz CT molecular complexity index is 867. The molecule has 2 aliphatic rings. The van der Waals surface area contributed by atoms with Crippen molar-refractivity contribution in [2.45, 2.75) is 33.1 Å². The molecule has 2 saturated heterocycles. The minimum Gasteiger partial charge on any atom is -0.339 e. The monoisotopic (exact) mass is 402 g/mol. The quantitative estimate of drug-likeness (QED) is 0.786. The summed E-state index contributed by atoms with van der Waals surface area (Å²) in [6.45, 7) is 7.68. The fourth-order valence-corrected chi connectivity index (χ4v) is 4.37. The van der Waals surface area contributed by atoms with Crippen molar-refractivity contribution in [3.05, 3.63) is 58.9 Å². The summed E-state index contributed by atoms with van der Waals surface area (Å²) in [5.74, 6) is -0.613. The van der Waals surface area contributed by atoms with Crippen molar-refractivity contribution in [3.8, 4) is 11.1 Å². The average Bonchev–Trinajstić information content (AvgIpc) is 3.12. The van der Waals surface area contributed by atoms with Gasteiger partial charge in [0.05, 0.1) is 5.56 Å². The number of carbonyl (C=O) groups excluding carboxylic acids is 1. The second-order valence-corrected chi connectivity index (χ2v) is 8.21. The topological polar surface area (TPSA) is 32.3 Å². The minimum atomic E-state index is -0.432. The second kappa shape index (κ2) is 8.22. The third kappa shape index (κ3) is 3.94. The van der Waals surface area contributed by atoms with Crippen LogP contribution in [0.25, 0.3) is 11.1 Å². The Morgan fingerprint density at radius 3 is 2.29 bits per heavy atom. The van der Waals surface area contributed by atoms with Gasteiger partial charge >= 0.3 is 0 Å². The molecular formula is C23H28ClFN2O. The van der Waals surface area contributed by atoms with Crippen molar-refractivity contribution >= 4 is 18.3 Å². The van der Waals surface area contributed by atoms with Crippen molar-refractivity contribution in [1.82, 2.24) is 10.2 Å². The number of aryl methyl sites for hydroxylation is 2. The third-order valence-corrected chi connectivity index (χ3v) is 6.48. The Balaban J connectivity index is 0.00000225. The predicted octanol–water partition coefficient (Wildman–Crippen LogP) is 4.75. The van der Waals surface area contributed by atoms with Gasteiger partial charge in [0.2, 0.25) is 0 Å². The first-order valence-electron chi connectivity index (χ1n) is 9.85. The summed E-state index contributed by atoms with van der Waals surface area (Å²) >= 11 is 0. The lowest BCUT2D eigenvalue weighted by atomic mass is 9.78. The molecule has 150 valence electrons. The maximum atomic E-state index is 14.8. The lowest BCUT2D eigenvalue weighted by Gasteiger charge is -2.39. The summed E-state index contributed by atoms with van der Waals surface area (Å²) in [5, 5.41) is 3.43. The molecular weight excluding hydrogens is 375 g/mol. The SMILES string of the molecule is Cc1ccc(-c2ccc(C(=O)N3CCC4(CCNC4)CC3)c(F)c2)cc1C.Cl. The van der Waals surface area contributed by atoms with E-state index in [4.69, 9.17) is 0 Å². The first kappa shape index (κ1) is 20.8. The molecule has 0 bridgehead atoms. The highest BCUT2D eigenvalue weighted by atomic mass is 35.5. The molecule has 2 aromatic carbocycles. The molecule has 4 rings (SSSR count). The van der Waals surface area contributed by atoms with Gasteiger partial charge in [-0.05, 0) is 79.5 Å². The number of amides is 1. The molecule has 0 aromatic heterocycles. The molecule has 0 saturated carbocycles. The van der Waals surface area contributed by atoms with Gasteiger partial charge in [0, 0.05) is 19.6 Å². The zero-order valence-corrected chi connectivity index (χ0v) is 17.4. The lowest BCUT2D eigenvalue weighted by Crippen LogP contribution is -2.44. The first-order chi connectivity index (χ1) is 13.0. The van der Waals surface area contributed by atoms with Crippen LogP contribution in [0.2, 0.25) is 0 Å². The summed E-state index contributed by atoms with van der Waals surface area (Å²) in [7, 11) is 0. The van der Waals surface area contributed by atoms with Crippen molar-refractivity contribution in [2.24, 2.45) is 5.41 Å². The van der Waals surface area contributed by atoms with E-state index in [-0.39, 0.29) is 23.9 Å². The van der Waals surface area contributed by atoms with Gasteiger partial charge in [-0.3, -0.25) is 4.79 Å².